The molecule has 0 radical (unpaired) electrons. The fraction of sp³-hybridized carbons (Fsp3) is 0.222. The third kappa shape index (κ3) is 5.04. The number of pyridine rings is 1. The van der Waals surface area contributed by atoms with Gasteiger partial charge < -0.3 is 14.8 Å². The lowest BCUT2D eigenvalue weighted by Gasteiger charge is -2.09. The van der Waals surface area contributed by atoms with E-state index in [2.05, 4.69) is 20.8 Å². The first-order chi connectivity index (χ1) is 12.5. The Labute approximate surface area is 151 Å². The number of aromatic nitrogens is 1. The van der Waals surface area contributed by atoms with Crippen LogP contribution in [0.15, 0.2) is 47.8 Å². The first-order valence-electron chi connectivity index (χ1n) is 7.79. The molecule has 0 fully saturated rings. The normalized spacial score (nSPS) is 10.8. The molecule has 0 bridgehead atoms. The zero-order valence-corrected chi connectivity index (χ0v) is 14.8. The van der Waals surface area contributed by atoms with Crippen molar-refractivity contribution < 1.29 is 19.1 Å². The Morgan fingerprint density at radius 2 is 1.73 bits per heavy atom. The van der Waals surface area contributed by atoms with Gasteiger partial charge in [0, 0.05) is 23.5 Å². The summed E-state index contributed by atoms with van der Waals surface area (Å²) in [4.78, 5) is 27.5. The van der Waals surface area contributed by atoms with Gasteiger partial charge in [-0.15, -0.1) is 0 Å². The highest BCUT2D eigenvalue weighted by molar-refractivity contribution is 6.00. The molecule has 0 aliphatic carbocycles. The molecule has 1 aromatic carbocycles. The minimum absolute atomic E-state index is 0.191. The number of nitrogens with zero attached hydrogens (tertiary/aromatic N) is 2. The molecule has 0 unspecified atom stereocenters. The number of carbonyl (C=O) groups excluding carboxylic acids is 2. The van der Waals surface area contributed by atoms with E-state index in [0.29, 0.717) is 22.8 Å². The molecule has 0 aliphatic rings. The van der Waals surface area contributed by atoms with Gasteiger partial charge in [0.25, 0.3) is 11.8 Å². The molecule has 26 heavy (non-hydrogen) atoms. The summed E-state index contributed by atoms with van der Waals surface area (Å²) in [7, 11) is 3.10. The quantitative estimate of drug-likeness (QED) is 0.576. The van der Waals surface area contributed by atoms with Crippen molar-refractivity contribution in [3.8, 4) is 11.5 Å². The number of ether oxygens (including phenoxy) is 2. The number of hydrazone groups is 1. The highest BCUT2D eigenvalue weighted by Crippen LogP contribution is 2.27. The van der Waals surface area contributed by atoms with E-state index < -0.39 is 5.91 Å². The number of amides is 2. The maximum Gasteiger partial charge on any atom is 0.259 e. The molecule has 0 aliphatic heterocycles. The van der Waals surface area contributed by atoms with Crippen molar-refractivity contribution in [2.24, 2.45) is 5.10 Å². The highest BCUT2D eigenvalue weighted by Gasteiger charge is 2.09. The fourth-order valence-electron chi connectivity index (χ4n) is 2.08. The zero-order valence-electron chi connectivity index (χ0n) is 14.8. The van der Waals surface area contributed by atoms with Crippen molar-refractivity contribution in [3.63, 3.8) is 0 Å². The van der Waals surface area contributed by atoms with Gasteiger partial charge in [-0.05, 0) is 37.3 Å². The predicted molar refractivity (Wildman–Crippen MR) is 96.5 cm³/mol. The Morgan fingerprint density at radius 1 is 1.04 bits per heavy atom. The third-order valence-electron chi connectivity index (χ3n) is 3.50. The number of hydrogen-bond donors (Lipinski definition) is 2. The number of benzene rings is 1. The van der Waals surface area contributed by atoms with E-state index in [4.69, 9.17) is 9.47 Å². The van der Waals surface area contributed by atoms with Gasteiger partial charge in [-0.1, -0.05) is 0 Å². The van der Waals surface area contributed by atoms with Crippen LogP contribution in [0, 0.1) is 0 Å². The van der Waals surface area contributed by atoms with E-state index >= 15 is 0 Å². The number of rotatable bonds is 7. The van der Waals surface area contributed by atoms with Crippen LogP contribution in [-0.4, -0.2) is 43.3 Å². The van der Waals surface area contributed by atoms with E-state index in [1.165, 1.54) is 12.4 Å². The lowest BCUT2D eigenvalue weighted by molar-refractivity contribution is -0.120. The summed E-state index contributed by atoms with van der Waals surface area (Å²) < 4.78 is 10.4. The molecular weight excluding hydrogens is 336 g/mol. The lowest BCUT2D eigenvalue weighted by atomic mass is 10.1. The first-order valence-corrected chi connectivity index (χ1v) is 7.79. The lowest BCUT2D eigenvalue weighted by Crippen LogP contribution is -2.35. The van der Waals surface area contributed by atoms with Crippen LogP contribution in [0.3, 0.4) is 0 Å². The van der Waals surface area contributed by atoms with Crippen LogP contribution in [-0.2, 0) is 4.79 Å². The minimum atomic E-state index is -0.438. The van der Waals surface area contributed by atoms with Crippen LogP contribution in [0.2, 0.25) is 0 Å². The Bertz CT molecular complexity index is 806. The summed E-state index contributed by atoms with van der Waals surface area (Å²) in [5.74, 6) is 0.373. The molecule has 2 amide bonds. The number of carbonyl (C=O) groups is 2. The van der Waals surface area contributed by atoms with Gasteiger partial charge in [0.2, 0.25) is 0 Å². The molecule has 2 N–H and O–H groups in total. The second-order valence-electron chi connectivity index (χ2n) is 5.22. The molecule has 2 aromatic rings. The van der Waals surface area contributed by atoms with Crippen molar-refractivity contribution >= 4 is 17.5 Å². The molecule has 136 valence electrons. The highest BCUT2D eigenvalue weighted by atomic mass is 16.5. The topological polar surface area (TPSA) is 102 Å². The summed E-state index contributed by atoms with van der Waals surface area (Å²) in [6.07, 6.45) is 3.01. The molecule has 1 aromatic heterocycles. The summed E-state index contributed by atoms with van der Waals surface area (Å²) in [6.45, 7) is 1.56. The molecule has 0 atom stereocenters. The van der Waals surface area contributed by atoms with Crippen molar-refractivity contribution in [3.05, 3.63) is 53.9 Å². The molecule has 0 saturated heterocycles. The summed E-state index contributed by atoms with van der Waals surface area (Å²) in [5, 5.41) is 6.55. The number of methoxy groups -OCH3 is 2. The van der Waals surface area contributed by atoms with Gasteiger partial charge in [-0.25, -0.2) is 5.43 Å². The monoisotopic (exact) mass is 356 g/mol. The van der Waals surface area contributed by atoms with Crippen LogP contribution in [0.4, 0.5) is 0 Å². The standard InChI is InChI=1S/C18H20N4O4/c1-12(14-4-5-15(25-2)16(10-14)26-3)21-22-17(23)11-20-18(24)13-6-8-19-9-7-13/h4-10H,11H2,1-3H3,(H,20,24)(H,22,23). The van der Waals surface area contributed by atoms with Crippen molar-refractivity contribution in [2.75, 3.05) is 20.8 Å². The van der Waals surface area contributed by atoms with Gasteiger partial charge in [0.1, 0.15) is 0 Å². The van der Waals surface area contributed by atoms with E-state index in [1.54, 1.807) is 51.5 Å². The van der Waals surface area contributed by atoms with Crippen LogP contribution in [0.25, 0.3) is 0 Å². The third-order valence-corrected chi connectivity index (χ3v) is 3.50. The SMILES string of the molecule is COc1ccc(C(C)=NNC(=O)CNC(=O)c2ccncc2)cc1OC. The van der Waals surface area contributed by atoms with Crippen molar-refractivity contribution in [1.29, 1.82) is 0 Å². The van der Waals surface area contributed by atoms with E-state index in [0.717, 1.165) is 5.56 Å². The fourth-order valence-corrected chi connectivity index (χ4v) is 2.08. The van der Waals surface area contributed by atoms with Gasteiger partial charge in [-0.3, -0.25) is 14.6 Å². The van der Waals surface area contributed by atoms with Crippen LogP contribution in [0.1, 0.15) is 22.8 Å². The van der Waals surface area contributed by atoms with Crippen molar-refractivity contribution in [2.45, 2.75) is 6.92 Å². The molecular formula is C18H20N4O4. The van der Waals surface area contributed by atoms with E-state index in [9.17, 15) is 9.59 Å². The van der Waals surface area contributed by atoms with E-state index in [-0.39, 0.29) is 12.5 Å². The zero-order chi connectivity index (χ0) is 18.9. The second-order valence-corrected chi connectivity index (χ2v) is 5.22. The van der Waals surface area contributed by atoms with Crippen LogP contribution >= 0.6 is 0 Å². The molecule has 1 heterocycles. The average Bonchev–Trinajstić information content (AvgIpc) is 2.70. The van der Waals surface area contributed by atoms with Gasteiger partial charge >= 0.3 is 0 Å². The van der Waals surface area contributed by atoms with Crippen LogP contribution in [0.5, 0.6) is 11.5 Å². The Hall–Kier alpha value is -3.42. The van der Waals surface area contributed by atoms with Gasteiger partial charge in [0.05, 0.1) is 26.5 Å². The summed E-state index contributed by atoms with van der Waals surface area (Å²) >= 11 is 0. The van der Waals surface area contributed by atoms with Gasteiger partial charge in [0.15, 0.2) is 11.5 Å². The number of hydrogen-bond acceptors (Lipinski definition) is 6. The number of nitrogens with one attached hydrogen (secondary N) is 2. The second kappa shape index (κ2) is 9.16. The Kier molecular flexibility index (Phi) is 6.67. The largest absolute Gasteiger partial charge is 0.493 e. The Morgan fingerprint density at radius 3 is 2.38 bits per heavy atom. The smallest absolute Gasteiger partial charge is 0.259 e. The van der Waals surface area contributed by atoms with Crippen molar-refractivity contribution in [1.82, 2.24) is 15.7 Å². The summed E-state index contributed by atoms with van der Waals surface area (Å²) in [6, 6.07) is 8.44. The first kappa shape index (κ1) is 18.9. The molecule has 8 heteroatoms. The average molecular weight is 356 g/mol. The molecule has 8 nitrogen and oxygen atoms in total. The molecule has 0 spiro atoms. The maximum atomic E-state index is 11.9. The summed E-state index contributed by atoms with van der Waals surface area (Å²) in [5.41, 5.74) is 4.18. The predicted octanol–water partition coefficient (Wildman–Crippen LogP) is 1.37. The molecule has 0 saturated carbocycles. The molecule has 2 rings (SSSR count). The maximum absolute atomic E-state index is 11.9. The van der Waals surface area contributed by atoms with E-state index in [1.807, 2.05) is 0 Å². The minimum Gasteiger partial charge on any atom is -0.493 e. The van der Waals surface area contributed by atoms with Crippen LogP contribution < -0.4 is 20.2 Å². The van der Waals surface area contributed by atoms with Gasteiger partial charge in [-0.2, -0.15) is 5.10 Å². The Balaban J connectivity index is 1.92.